The minimum Gasteiger partial charge on any atom is -0.352 e. The number of likely N-dealkylation sites (tertiary alicyclic amines) is 1. The number of piperidine rings is 1. The first kappa shape index (κ1) is 26.6. The number of carbonyl (C=O) groups is 2. The summed E-state index contributed by atoms with van der Waals surface area (Å²) in [6.07, 6.45) is 1.71. The van der Waals surface area contributed by atoms with Crippen molar-refractivity contribution in [3.8, 4) is 0 Å². The van der Waals surface area contributed by atoms with Gasteiger partial charge in [-0.2, -0.15) is 0 Å². The number of hydrogen-bond acceptors (Lipinski definition) is 4. The zero-order chi connectivity index (χ0) is 19.1. The van der Waals surface area contributed by atoms with Crippen LogP contribution in [0.15, 0.2) is 24.3 Å². The minimum atomic E-state index is -0.600. The van der Waals surface area contributed by atoms with Crippen molar-refractivity contribution in [1.29, 1.82) is 0 Å². The first-order chi connectivity index (χ1) is 12.3. The van der Waals surface area contributed by atoms with Crippen molar-refractivity contribution < 1.29 is 14.0 Å². The Morgan fingerprint density at radius 3 is 2.29 bits per heavy atom. The van der Waals surface area contributed by atoms with Gasteiger partial charge < -0.3 is 16.4 Å². The van der Waals surface area contributed by atoms with E-state index in [0.29, 0.717) is 0 Å². The molecule has 1 aromatic carbocycles. The predicted octanol–water partition coefficient (Wildman–Crippen LogP) is 1.85. The maximum absolute atomic E-state index is 12.9. The second-order valence-electron chi connectivity index (χ2n) is 7.23. The Balaban J connectivity index is 0.00000364. The van der Waals surface area contributed by atoms with Crippen LogP contribution < -0.4 is 16.4 Å². The van der Waals surface area contributed by atoms with E-state index in [1.54, 1.807) is 12.1 Å². The Kier molecular flexibility index (Phi) is 12.3. The maximum atomic E-state index is 12.9. The summed E-state index contributed by atoms with van der Waals surface area (Å²) < 4.78 is 12.9. The van der Waals surface area contributed by atoms with Crippen LogP contribution in [0.4, 0.5) is 4.39 Å². The molecule has 0 bridgehead atoms. The molecule has 6 nitrogen and oxygen atoms in total. The lowest BCUT2D eigenvalue weighted by molar-refractivity contribution is -0.127. The standard InChI is InChI=1S/C19H29FN4O2.2ClH/c1-13(2)18(21)19(26)22-11-17(25)23-16-7-9-24(10-8-16)12-14-3-5-15(20)6-4-14;;/h3-6,13,16,18H,7-12,21H2,1-2H3,(H,22,26)(H,23,25);2*1H/t18-;;/m0../s1. The fraction of sp³-hybridized carbons (Fsp3) is 0.579. The van der Waals surface area contributed by atoms with Crippen LogP contribution in [-0.4, -0.2) is 48.4 Å². The van der Waals surface area contributed by atoms with E-state index in [2.05, 4.69) is 15.5 Å². The minimum absolute atomic E-state index is 0. The van der Waals surface area contributed by atoms with E-state index in [1.807, 2.05) is 13.8 Å². The van der Waals surface area contributed by atoms with E-state index in [-0.39, 0.29) is 61.0 Å². The molecule has 1 aliphatic heterocycles. The lowest BCUT2D eigenvalue weighted by Crippen LogP contribution is -2.50. The van der Waals surface area contributed by atoms with Crippen LogP contribution in [0.5, 0.6) is 0 Å². The van der Waals surface area contributed by atoms with E-state index in [1.165, 1.54) is 12.1 Å². The van der Waals surface area contributed by atoms with Gasteiger partial charge in [-0.3, -0.25) is 14.5 Å². The predicted molar refractivity (Wildman–Crippen MR) is 113 cm³/mol. The fourth-order valence-electron chi connectivity index (χ4n) is 2.95. The molecule has 1 fully saturated rings. The fourth-order valence-corrected chi connectivity index (χ4v) is 2.95. The summed E-state index contributed by atoms with van der Waals surface area (Å²) in [6.45, 7) is 6.20. The van der Waals surface area contributed by atoms with Crippen LogP contribution in [0.2, 0.25) is 0 Å². The van der Waals surface area contributed by atoms with Crippen LogP contribution in [0.1, 0.15) is 32.3 Å². The van der Waals surface area contributed by atoms with E-state index in [0.717, 1.165) is 38.0 Å². The first-order valence-electron chi connectivity index (χ1n) is 9.14. The Bertz CT molecular complexity index is 608. The largest absolute Gasteiger partial charge is 0.352 e. The Morgan fingerprint density at radius 1 is 1.18 bits per heavy atom. The number of rotatable bonds is 7. The summed E-state index contributed by atoms with van der Waals surface area (Å²) in [4.78, 5) is 26.1. The van der Waals surface area contributed by atoms with Crippen LogP contribution in [0.25, 0.3) is 0 Å². The maximum Gasteiger partial charge on any atom is 0.239 e. The number of nitrogens with one attached hydrogen (secondary N) is 2. The van der Waals surface area contributed by atoms with E-state index >= 15 is 0 Å². The molecule has 0 aliphatic carbocycles. The summed E-state index contributed by atoms with van der Waals surface area (Å²) in [5.74, 6) is -0.685. The third-order valence-corrected chi connectivity index (χ3v) is 4.72. The van der Waals surface area contributed by atoms with E-state index in [4.69, 9.17) is 5.73 Å². The van der Waals surface area contributed by atoms with Gasteiger partial charge in [-0.05, 0) is 36.5 Å². The number of carbonyl (C=O) groups excluding carboxylic acids is 2. The summed E-state index contributed by atoms with van der Waals surface area (Å²) >= 11 is 0. The van der Waals surface area contributed by atoms with E-state index < -0.39 is 6.04 Å². The van der Waals surface area contributed by atoms with Crippen LogP contribution in [0, 0.1) is 11.7 Å². The molecule has 2 amide bonds. The van der Waals surface area contributed by atoms with Crippen LogP contribution >= 0.6 is 24.8 Å². The van der Waals surface area contributed by atoms with Gasteiger partial charge in [0.2, 0.25) is 11.8 Å². The lowest BCUT2D eigenvalue weighted by atomic mass is 10.0. The van der Waals surface area contributed by atoms with Gasteiger partial charge >= 0.3 is 0 Å². The van der Waals surface area contributed by atoms with Gasteiger partial charge in [-0.1, -0.05) is 26.0 Å². The van der Waals surface area contributed by atoms with Crippen LogP contribution in [-0.2, 0) is 16.1 Å². The number of amides is 2. The number of benzene rings is 1. The van der Waals surface area contributed by atoms with Crippen LogP contribution in [0.3, 0.4) is 0 Å². The molecular weight excluding hydrogens is 406 g/mol. The number of halogens is 3. The van der Waals surface area contributed by atoms with Crippen molar-refractivity contribution in [2.24, 2.45) is 11.7 Å². The third kappa shape index (κ3) is 8.73. The second kappa shape index (κ2) is 12.9. The molecule has 2 rings (SSSR count). The zero-order valence-corrected chi connectivity index (χ0v) is 18.0. The molecule has 0 unspecified atom stereocenters. The molecule has 0 spiro atoms. The summed E-state index contributed by atoms with van der Waals surface area (Å²) in [5, 5.41) is 5.55. The summed E-state index contributed by atoms with van der Waals surface area (Å²) in [7, 11) is 0. The zero-order valence-electron chi connectivity index (χ0n) is 16.3. The molecule has 1 saturated heterocycles. The molecule has 1 atom stereocenters. The molecule has 0 saturated carbocycles. The molecule has 1 heterocycles. The average molecular weight is 437 g/mol. The Labute approximate surface area is 178 Å². The molecular formula is C19H31Cl2FN4O2. The van der Waals surface area contributed by atoms with Gasteiger partial charge in [0.05, 0.1) is 12.6 Å². The first-order valence-corrected chi connectivity index (χ1v) is 9.14. The number of nitrogens with zero attached hydrogens (tertiary/aromatic N) is 1. The molecule has 0 aromatic heterocycles. The summed E-state index contributed by atoms with van der Waals surface area (Å²) in [5.41, 5.74) is 6.83. The lowest BCUT2D eigenvalue weighted by Gasteiger charge is -2.32. The van der Waals surface area contributed by atoms with E-state index in [9.17, 15) is 14.0 Å². The molecule has 4 N–H and O–H groups in total. The highest BCUT2D eigenvalue weighted by atomic mass is 35.5. The monoisotopic (exact) mass is 436 g/mol. The highest BCUT2D eigenvalue weighted by Gasteiger charge is 2.22. The van der Waals surface area contributed by atoms with Crippen molar-refractivity contribution in [3.05, 3.63) is 35.6 Å². The Hall–Kier alpha value is -1.41. The van der Waals surface area contributed by atoms with Gasteiger partial charge in [0.25, 0.3) is 0 Å². The third-order valence-electron chi connectivity index (χ3n) is 4.72. The summed E-state index contributed by atoms with van der Waals surface area (Å²) in [6, 6.07) is 6.06. The molecule has 9 heteroatoms. The topological polar surface area (TPSA) is 87.5 Å². The molecule has 160 valence electrons. The van der Waals surface area contributed by atoms with Crippen molar-refractivity contribution >= 4 is 36.6 Å². The number of hydrogen-bond donors (Lipinski definition) is 3. The normalized spacial score (nSPS) is 15.9. The van der Waals surface area contributed by atoms with Gasteiger partial charge in [0.1, 0.15) is 5.82 Å². The van der Waals surface area contributed by atoms with Crippen molar-refractivity contribution in [3.63, 3.8) is 0 Å². The molecule has 28 heavy (non-hydrogen) atoms. The average Bonchev–Trinajstić information content (AvgIpc) is 2.62. The SMILES string of the molecule is CC(C)[C@H](N)C(=O)NCC(=O)NC1CCN(Cc2ccc(F)cc2)CC1.Cl.Cl. The molecule has 1 aromatic rings. The van der Waals surface area contributed by atoms with Crippen molar-refractivity contribution in [2.45, 2.75) is 45.3 Å². The number of nitrogens with two attached hydrogens (primary N) is 1. The van der Waals surface area contributed by atoms with Gasteiger partial charge in [-0.15, -0.1) is 24.8 Å². The highest BCUT2D eigenvalue weighted by molar-refractivity contribution is 5.87. The molecule has 1 aliphatic rings. The smallest absolute Gasteiger partial charge is 0.239 e. The van der Waals surface area contributed by atoms with Crippen molar-refractivity contribution in [2.75, 3.05) is 19.6 Å². The molecule has 0 radical (unpaired) electrons. The van der Waals surface area contributed by atoms with Gasteiger partial charge in [0, 0.05) is 25.7 Å². The highest BCUT2D eigenvalue weighted by Crippen LogP contribution is 2.14. The Morgan fingerprint density at radius 2 is 1.75 bits per heavy atom. The van der Waals surface area contributed by atoms with Gasteiger partial charge in [0.15, 0.2) is 0 Å². The quantitative estimate of drug-likeness (QED) is 0.608. The second-order valence-corrected chi connectivity index (χ2v) is 7.23. The van der Waals surface area contributed by atoms with Crippen molar-refractivity contribution in [1.82, 2.24) is 15.5 Å². The van der Waals surface area contributed by atoms with Gasteiger partial charge in [-0.25, -0.2) is 4.39 Å².